The Labute approximate surface area is 166 Å². The highest BCUT2D eigenvalue weighted by atomic mass is 35.5. The average Bonchev–Trinajstić information content (AvgIpc) is 2.69. The molecule has 1 heterocycles. The number of hydrogen-bond acceptors (Lipinski definition) is 5. The molecule has 1 N–H and O–H groups in total. The van der Waals surface area contributed by atoms with Crippen LogP contribution in [0.4, 0.5) is 5.69 Å². The van der Waals surface area contributed by atoms with Crippen molar-refractivity contribution < 1.29 is 14.6 Å². The summed E-state index contributed by atoms with van der Waals surface area (Å²) in [6, 6.07) is 13.4. The Morgan fingerprint density at radius 3 is 2.37 bits per heavy atom. The molecule has 2 aromatic rings. The molecule has 0 aliphatic carbocycles. The zero-order valence-corrected chi connectivity index (χ0v) is 16.7. The molecule has 1 aliphatic heterocycles. The summed E-state index contributed by atoms with van der Waals surface area (Å²) in [5, 5.41) is 11.1. The Morgan fingerprint density at radius 1 is 1.04 bits per heavy atom. The number of β-amino-alcohol motifs (C(OH)–C–C–N with tert-alkyl or cyclic N) is 1. The zero-order valence-electron chi connectivity index (χ0n) is 15.9. The largest absolute Gasteiger partial charge is 0.497 e. The Hall–Kier alpha value is -1.95. The summed E-state index contributed by atoms with van der Waals surface area (Å²) in [7, 11) is 1.63. The first-order chi connectivity index (χ1) is 13.0. The highest BCUT2D eigenvalue weighted by Gasteiger charge is 2.20. The first-order valence-corrected chi connectivity index (χ1v) is 9.61. The number of aryl methyl sites for hydroxylation is 1. The predicted molar refractivity (Wildman–Crippen MR) is 109 cm³/mol. The van der Waals surface area contributed by atoms with E-state index in [1.165, 1.54) is 11.3 Å². The van der Waals surface area contributed by atoms with Crippen LogP contribution in [0, 0.1) is 6.92 Å². The number of nitrogens with zero attached hydrogens (tertiary/aromatic N) is 2. The summed E-state index contributed by atoms with van der Waals surface area (Å²) >= 11 is 6.14. The lowest BCUT2D eigenvalue weighted by Crippen LogP contribution is -2.49. The molecule has 1 aliphatic rings. The summed E-state index contributed by atoms with van der Waals surface area (Å²) < 4.78 is 10.8. The minimum absolute atomic E-state index is 0.278. The van der Waals surface area contributed by atoms with E-state index < -0.39 is 6.10 Å². The number of benzene rings is 2. The van der Waals surface area contributed by atoms with Crippen LogP contribution in [-0.4, -0.2) is 62.6 Å². The number of methoxy groups -OCH3 is 1. The van der Waals surface area contributed by atoms with Crippen molar-refractivity contribution in [1.29, 1.82) is 0 Å². The van der Waals surface area contributed by atoms with Gasteiger partial charge in [0.05, 0.1) is 7.11 Å². The fraction of sp³-hybridized carbons (Fsp3) is 0.429. The molecule has 1 saturated heterocycles. The number of rotatable bonds is 7. The number of ether oxygens (including phenoxy) is 2. The van der Waals surface area contributed by atoms with Crippen LogP contribution in [-0.2, 0) is 0 Å². The van der Waals surface area contributed by atoms with Crippen LogP contribution in [0.5, 0.6) is 11.5 Å². The van der Waals surface area contributed by atoms with Crippen molar-refractivity contribution in [2.24, 2.45) is 0 Å². The van der Waals surface area contributed by atoms with Gasteiger partial charge in [-0.25, -0.2) is 0 Å². The summed E-state index contributed by atoms with van der Waals surface area (Å²) in [4.78, 5) is 4.64. The van der Waals surface area contributed by atoms with E-state index in [1.54, 1.807) is 7.11 Å². The van der Waals surface area contributed by atoms with Gasteiger partial charge < -0.3 is 19.5 Å². The van der Waals surface area contributed by atoms with Crippen molar-refractivity contribution in [3.63, 3.8) is 0 Å². The van der Waals surface area contributed by atoms with Gasteiger partial charge in [0.25, 0.3) is 0 Å². The number of aliphatic hydroxyl groups is 1. The van der Waals surface area contributed by atoms with Crippen molar-refractivity contribution in [1.82, 2.24) is 4.90 Å². The average molecular weight is 391 g/mol. The molecule has 0 saturated carbocycles. The molecule has 3 rings (SSSR count). The second kappa shape index (κ2) is 9.31. The lowest BCUT2D eigenvalue weighted by atomic mass is 10.1. The van der Waals surface area contributed by atoms with E-state index in [0.29, 0.717) is 6.54 Å². The maximum atomic E-state index is 10.3. The summed E-state index contributed by atoms with van der Waals surface area (Å²) in [6.07, 6.45) is -0.522. The maximum absolute atomic E-state index is 10.3. The van der Waals surface area contributed by atoms with Crippen LogP contribution in [0.25, 0.3) is 0 Å². The van der Waals surface area contributed by atoms with Gasteiger partial charge in [-0.3, -0.25) is 4.90 Å². The predicted octanol–water partition coefficient (Wildman–Crippen LogP) is 3.22. The maximum Gasteiger partial charge on any atom is 0.119 e. The second-order valence-electron chi connectivity index (χ2n) is 6.86. The van der Waals surface area contributed by atoms with Crippen LogP contribution < -0.4 is 14.4 Å². The van der Waals surface area contributed by atoms with Gasteiger partial charge in [-0.1, -0.05) is 17.7 Å². The SMILES string of the molecule is COc1ccc(OCC(O)CN2CCN(c3cc(Cl)ccc3C)CC2)cc1. The molecule has 1 unspecified atom stereocenters. The number of anilines is 1. The van der Waals surface area contributed by atoms with Gasteiger partial charge >= 0.3 is 0 Å². The zero-order chi connectivity index (χ0) is 19.2. The highest BCUT2D eigenvalue weighted by molar-refractivity contribution is 6.30. The Balaban J connectivity index is 1.43. The van der Waals surface area contributed by atoms with E-state index in [9.17, 15) is 5.11 Å². The van der Waals surface area contributed by atoms with Gasteiger partial charge in [0, 0.05) is 43.4 Å². The van der Waals surface area contributed by atoms with Gasteiger partial charge in [-0.05, 0) is 48.9 Å². The summed E-state index contributed by atoms with van der Waals surface area (Å²) in [5.41, 5.74) is 2.44. The quantitative estimate of drug-likeness (QED) is 0.786. The Bertz CT molecular complexity index is 731. The van der Waals surface area contributed by atoms with Crippen molar-refractivity contribution in [2.45, 2.75) is 13.0 Å². The minimum atomic E-state index is -0.522. The van der Waals surface area contributed by atoms with Gasteiger partial charge in [0.2, 0.25) is 0 Å². The molecule has 0 bridgehead atoms. The topological polar surface area (TPSA) is 45.2 Å². The smallest absolute Gasteiger partial charge is 0.119 e. The molecule has 0 aromatic heterocycles. The van der Waals surface area contributed by atoms with Crippen LogP contribution in [0.2, 0.25) is 5.02 Å². The highest BCUT2D eigenvalue weighted by Crippen LogP contribution is 2.25. The second-order valence-corrected chi connectivity index (χ2v) is 7.30. The fourth-order valence-electron chi connectivity index (χ4n) is 3.31. The van der Waals surface area contributed by atoms with Gasteiger partial charge in [0.15, 0.2) is 0 Å². The van der Waals surface area contributed by atoms with E-state index in [1.807, 2.05) is 36.4 Å². The Kier molecular flexibility index (Phi) is 6.83. The summed E-state index contributed by atoms with van der Waals surface area (Å²) in [5.74, 6) is 1.52. The van der Waals surface area contributed by atoms with E-state index >= 15 is 0 Å². The molecule has 27 heavy (non-hydrogen) atoms. The molecular weight excluding hydrogens is 364 g/mol. The van der Waals surface area contributed by atoms with Gasteiger partial charge in [-0.15, -0.1) is 0 Å². The third-order valence-electron chi connectivity index (χ3n) is 4.85. The standard InChI is InChI=1S/C21H27ClN2O3/c1-16-3-4-17(22)13-21(16)24-11-9-23(10-12-24)14-18(25)15-27-20-7-5-19(26-2)6-8-20/h3-8,13,18,25H,9-12,14-15H2,1-2H3. The molecule has 0 amide bonds. The lowest BCUT2D eigenvalue weighted by Gasteiger charge is -2.37. The van der Waals surface area contributed by atoms with Crippen molar-refractivity contribution in [3.05, 3.63) is 53.1 Å². The Morgan fingerprint density at radius 2 is 1.70 bits per heavy atom. The molecule has 1 fully saturated rings. The van der Waals surface area contributed by atoms with E-state index in [-0.39, 0.29) is 6.61 Å². The lowest BCUT2D eigenvalue weighted by molar-refractivity contribution is 0.0663. The third kappa shape index (κ3) is 5.51. The number of halogens is 1. The molecule has 146 valence electrons. The third-order valence-corrected chi connectivity index (χ3v) is 5.09. The van der Waals surface area contributed by atoms with Crippen LogP contribution in [0.1, 0.15) is 5.56 Å². The molecule has 6 heteroatoms. The van der Waals surface area contributed by atoms with Crippen molar-refractivity contribution >= 4 is 17.3 Å². The van der Waals surface area contributed by atoms with E-state index in [0.717, 1.165) is 42.7 Å². The monoisotopic (exact) mass is 390 g/mol. The van der Waals surface area contributed by atoms with E-state index in [2.05, 4.69) is 22.8 Å². The molecular formula is C21H27ClN2O3. The molecule has 0 spiro atoms. The first-order valence-electron chi connectivity index (χ1n) is 9.23. The summed E-state index contributed by atoms with van der Waals surface area (Å²) in [6.45, 7) is 6.66. The van der Waals surface area contributed by atoms with Crippen LogP contribution in [0.15, 0.2) is 42.5 Å². The van der Waals surface area contributed by atoms with Crippen LogP contribution >= 0.6 is 11.6 Å². The fourth-order valence-corrected chi connectivity index (χ4v) is 3.48. The van der Waals surface area contributed by atoms with Crippen LogP contribution in [0.3, 0.4) is 0 Å². The molecule has 2 aromatic carbocycles. The number of aliphatic hydroxyl groups excluding tert-OH is 1. The van der Waals surface area contributed by atoms with Crippen molar-refractivity contribution in [3.8, 4) is 11.5 Å². The van der Waals surface area contributed by atoms with Gasteiger partial charge in [-0.2, -0.15) is 0 Å². The molecule has 0 radical (unpaired) electrons. The first kappa shape index (κ1) is 19.8. The molecule has 5 nitrogen and oxygen atoms in total. The van der Waals surface area contributed by atoms with E-state index in [4.69, 9.17) is 21.1 Å². The number of piperazine rings is 1. The van der Waals surface area contributed by atoms with Gasteiger partial charge in [0.1, 0.15) is 24.2 Å². The molecule has 1 atom stereocenters. The van der Waals surface area contributed by atoms with Crippen molar-refractivity contribution in [2.75, 3.05) is 51.3 Å². The normalized spacial score (nSPS) is 16.2. The minimum Gasteiger partial charge on any atom is -0.497 e. The number of hydrogen-bond donors (Lipinski definition) is 1.